The van der Waals surface area contributed by atoms with Crippen LogP contribution in [0.5, 0.6) is 5.88 Å². The van der Waals surface area contributed by atoms with E-state index in [0.717, 1.165) is 34.6 Å². The smallest absolute Gasteiger partial charge is 0.224 e. The Bertz CT molecular complexity index is 1180. The zero-order chi connectivity index (χ0) is 20.0. The van der Waals surface area contributed by atoms with Crippen LogP contribution in [0.1, 0.15) is 35.1 Å². The maximum Gasteiger partial charge on any atom is 0.224 e. The first-order valence-electron chi connectivity index (χ1n) is 9.91. The molecule has 0 radical (unpaired) electrons. The molecule has 5 rings (SSSR count). The summed E-state index contributed by atoms with van der Waals surface area (Å²) in [6, 6.07) is 8.30. The van der Waals surface area contributed by atoms with Crippen LogP contribution >= 0.6 is 0 Å². The summed E-state index contributed by atoms with van der Waals surface area (Å²) >= 11 is 0. The third kappa shape index (κ3) is 3.46. The van der Waals surface area contributed by atoms with E-state index in [1.165, 1.54) is 5.56 Å². The van der Waals surface area contributed by atoms with E-state index < -0.39 is 0 Å². The Labute approximate surface area is 169 Å². The summed E-state index contributed by atoms with van der Waals surface area (Å²) < 4.78 is 8.26. The van der Waals surface area contributed by atoms with E-state index in [4.69, 9.17) is 4.74 Å². The van der Waals surface area contributed by atoms with Gasteiger partial charge in [0, 0.05) is 53.6 Å². The topological polar surface area (TPSA) is 65.2 Å². The standard InChI is InChI=1S/C23H23N5O/c1-14-4-6-21(25-9-14)19-8-18(19)13-29-23-20(11-24-16(3)27-23)17-5-7-22-26-10-15(2)28(22)12-17/h4-7,9-12,18-19H,8,13H2,1-3H3/t18?,19-/m1/s1. The van der Waals surface area contributed by atoms with Gasteiger partial charge in [0.25, 0.3) is 0 Å². The van der Waals surface area contributed by atoms with Crippen molar-refractivity contribution in [2.24, 2.45) is 5.92 Å². The average molecular weight is 385 g/mol. The summed E-state index contributed by atoms with van der Waals surface area (Å²) in [5.74, 6) is 2.30. The monoisotopic (exact) mass is 385 g/mol. The number of fused-ring (bicyclic) bond motifs is 1. The predicted molar refractivity (Wildman–Crippen MR) is 111 cm³/mol. The second-order valence-electron chi connectivity index (χ2n) is 7.86. The van der Waals surface area contributed by atoms with Crippen LogP contribution in [-0.4, -0.2) is 30.9 Å². The first-order valence-corrected chi connectivity index (χ1v) is 9.91. The highest BCUT2D eigenvalue weighted by Gasteiger charge is 2.40. The Balaban J connectivity index is 1.37. The van der Waals surface area contributed by atoms with Crippen LogP contribution in [0.3, 0.4) is 0 Å². The minimum Gasteiger partial charge on any atom is -0.477 e. The fourth-order valence-corrected chi connectivity index (χ4v) is 3.70. The fraction of sp³-hybridized carbons (Fsp3) is 0.304. The largest absolute Gasteiger partial charge is 0.477 e. The Hall–Kier alpha value is -3.28. The van der Waals surface area contributed by atoms with Gasteiger partial charge >= 0.3 is 0 Å². The molecule has 0 N–H and O–H groups in total. The van der Waals surface area contributed by atoms with E-state index in [2.05, 4.69) is 49.6 Å². The molecule has 146 valence electrons. The summed E-state index contributed by atoms with van der Waals surface area (Å²) in [5.41, 5.74) is 6.27. The number of imidazole rings is 1. The first kappa shape index (κ1) is 17.8. The Morgan fingerprint density at radius 1 is 1.00 bits per heavy atom. The van der Waals surface area contributed by atoms with Crippen molar-refractivity contribution >= 4 is 5.65 Å². The number of hydrogen-bond donors (Lipinski definition) is 0. The molecule has 0 aromatic carbocycles. The summed E-state index contributed by atoms with van der Waals surface area (Å²) in [5, 5.41) is 0. The van der Waals surface area contributed by atoms with Crippen LogP contribution < -0.4 is 4.74 Å². The van der Waals surface area contributed by atoms with Gasteiger partial charge in [-0.2, -0.15) is 4.98 Å². The zero-order valence-corrected chi connectivity index (χ0v) is 16.8. The van der Waals surface area contributed by atoms with Crippen molar-refractivity contribution < 1.29 is 4.74 Å². The Kier molecular flexibility index (Phi) is 4.27. The molecule has 1 aliphatic rings. The summed E-state index contributed by atoms with van der Waals surface area (Å²) in [6.45, 7) is 6.62. The van der Waals surface area contributed by atoms with E-state index in [0.29, 0.717) is 30.1 Å². The van der Waals surface area contributed by atoms with E-state index in [1.54, 1.807) is 0 Å². The van der Waals surface area contributed by atoms with Crippen molar-refractivity contribution in [3.8, 4) is 17.0 Å². The van der Waals surface area contributed by atoms with E-state index >= 15 is 0 Å². The number of ether oxygens (including phenoxy) is 1. The Morgan fingerprint density at radius 2 is 1.90 bits per heavy atom. The van der Waals surface area contributed by atoms with E-state index in [-0.39, 0.29) is 0 Å². The maximum atomic E-state index is 6.19. The maximum absolute atomic E-state index is 6.19. The van der Waals surface area contributed by atoms with Gasteiger partial charge in [-0.15, -0.1) is 0 Å². The van der Waals surface area contributed by atoms with Crippen molar-refractivity contribution in [3.63, 3.8) is 0 Å². The number of pyridine rings is 2. The van der Waals surface area contributed by atoms with Crippen molar-refractivity contribution in [1.82, 2.24) is 24.3 Å². The molecular formula is C23H23N5O. The van der Waals surface area contributed by atoms with Crippen LogP contribution in [0, 0.1) is 26.7 Å². The molecule has 6 heteroatoms. The highest BCUT2D eigenvalue weighted by atomic mass is 16.5. The number of aromatic nitrogens is 5. The molecule has 0 amide bonds. The molecule has 6 nitrogen and oxygen atoms in total. The molecule has 0 saturated heterocycles. The van der Waals surface area contributed by atoms with Gasteiger partial charge < -0.3 is 9.14 Å². The van der Waals surface area contributed by atoms with Gasteiger partial charge in [0.1, 0.15) is 11.5 Å². The highest BCUT2D eigenvalue weighted by molar-refractivity contribution is 5.68. The SMILES string of the molecule is Cc1ccc([C@@H]2CC2COc2nc(C)ncc2-c2ccc3ncc(C)n3c2)nc1. The van der Waals surface area contributed by atoms with Gasteiger partial charge in [-0.3, -0.25) is 4.98 Å². The lowest BCUT2D eigenvalue weighted by Crippen LogP contribution is -2.06. The summed E-state index contributed by atoms with van der Waals surface area (Å²) in [7, 11) is 0. The minimum absolute atomic E-state index is 0.478. The number of hydrogen-bond acceptors (Lipinski definition) is 5. The molecule has 4 aromatic heterocycles. The van der Waals surface area contributed by atoms with Gasteiger partial charge in [-0.05, 0) is 51.0 Å². The second kappa shape index (κ2) is 6.95. The van der Waals surface area contributed by atoms with Crippen LogP contribution in [0.15, 0.2) is 49.1 Å². The lowest BCUT2D eigenvalue weighted by molar-refractivity contribution is 0.285. The van der Waals surface area contributed by atoms with Crippen LogP contribution in [0.25, 0.3) is 16.8 Å². The third-order valence-corrected chi connectivity index (χ3v) is 5.55. The quantitative estimate of drug-likeness (QED) is 0.513. The first-order chi connectivity index (χ1) is 14.1. The lowest BCUT2D eigenvalue weighted by Gasteiger charge is -2.11. The molecule has 1 saturated carbocycles. The van der Waals surface area contributed by atoms with Crippen molar-refractivity contribution in [1.29, 1.82) is 0 Å². The van der Waals surface area contributed by atoms with Crippen LogP contribution in [0.2, 0.25) is 0 Å². The number of aryl methyl sites for hydroxylation is 3. The number of rotatable bonds is 5. The number of nitrogens with zero attached hydrogens (tertiary/aromatic N) is 5. The average Bonchev–Trinajstić information content (AvgIpc) is 3.42. The summed E-state index contributed by atoms with van der Waals surface area (Å²) in [4.78, 5) is 17.9. The highest BCUT2D eigenvalue weighted by Crippen LogP contribution is 2.47. The summed E-state index contributed by atoms with van der Waals surface area (Å²) in [6.07, 6.45) is 8.82. The molecule has 4 aromatic rings. The normalized spacial score (nSPS) is 18.2. The fourth-order valence-electron chi connectivity index (χ4n) is 3.70. The Morgan fingerprint density at radius 3 is 2.72 bits per heavy atom. The van der Waals surface area contributed by atoms with Crippen molar-refractivity contribution in [2.75, 3.05) is 6.61 Å². The predicted octanol–water partition coefficient (Wildman–Crippen LogP) is 4.29. The van der Waals surface area contributed by atoms with E-state index in [9.17, 15) is 0 Å². The zero-order valence-electron chi connectivity index (χ0n) is 16.8. The van der Waals surface area contributed by atoms with E-state index in [1.807, 2.05) is 44.6 Å². The molecule has 1 unspecified atom stereocenters. The molecule has 0 bridgehead atoms. The lowest BCUT2D eigenvalue weighted by atomic mass is 10.1. The van der Waals surface area contributed by atoms with Crippen molar-refractivity contribution in [2.45, 2.75) is 33.1 Å². The van der Waals surface area contributed by atoms with Crippen LogP contribution in [0.4, 0.5) is 0 Å². The molecular weight excluding hydrogens is 362 g/mol. The molecule has 1 aliphatic carbocycles. The molecule has 4 heterocycles. The third-order valence-electron chi connectivity index (χ3n) is 5.55. The van der Waals surface area contributed by atoms with Crippen LogP contribution in [-0.2, 0) is 0 Å². The van der Waals surface area contributed by atoms with Gasteiger partial charge in [0.2, 0.25) is 5.88 Å². The van der Waals surface area contributed by atoms with Gasteiger partial charge in [-0.1, -0.05) is 6.07 Å². The second-order valence-corrected chi connectivity index (χ2v) is 7.86. The molecule has 2 atom stereocenters. The molecule has 29 heavy (non-hydrogen) atoms. The molecule has 0 spiro atoms. The van der Waals surface area contributed by atoms with Gasteiger partial charge in [0.05, 0.1) is 12.2 Å². The molecule has 0 aliphatic heterocycles. The van der Waals surface area contributed by atoms with Crippen molar-refractivity contribution in [3.05, 3.63) is 71.8 Å². The minimum atomic E-state index is 0.478. The molecule has 1 fully saturated rings. The van der Waals surface area contributed by atoms with Gasteiger partial charge in [-0.25, -0.2) is 9.97 Å². The van der Waals surface area contributed by atoms with Gasteiger partial charge in [0.15, 0.2) is 0 Å².